The Hall–Kier alpha value is -7.63. The van der Waals surface area contributed by atoms with Crippen molar-refractivity contribution in [3.63, 3.8) is 0 Å². The van der Waals surface area contributed by atoms with E-state index >= 15 is 0 Å². The van der Waals surface area contributed by atoms with Crippen LogP contribution in [0.2, 0.25) is 25.7 Å². The van der Waals surface area contributed by atoms with Gasteiger partial charge in [0, 0.05) is 64.4 Å². The van der Waals surface area contributed by atoms with Gasteiger partial charge in [-0.25, -0.2) is 27.5 Å². The number of nitrogens with two attached hydrogens (primary N) is 1. The Bertz CT molecular complexity index is 3470. The predicted molar refractivity (Wildman–Crippen MR) is 319 cm³/mol. The van der Waals surface area contributed by atoms with Crippen molar-refractivity contribution in [2.45, 2.75) is 136 Å². The number of nitrogens with one attached hydrogen (secondary N) is 4. The van der Waals surface area contributed by atoms with Crippen molar-refractivity contribution in [2.24, 2.45) is 11.1 Å². The third-order valence-corrected chi connectivity index (χ3v) is 17.4. The first-order chi connectivity index (χ1) is 39.7. The molecule has 1 saturated heterocycles. The summed E-state index contributed by atoms with van der Waals surface area (Å²) < 4.78 is 81.1. The highest BCUT2D eigenvalue weighted by atomic mass is 32.2. The fourth-order valence-electron chi connectivity index (χ4n) is 9.03. The molecular weight excluding hydrogens is 1140 g/mol. The third kappa shape index (κ3) is 17.2. The highest BCUT2D eigenvalue weighted by molar-refractivity contribution is 7.93. The van der Waals surface area contributed by atoms with Crippen LogP contribution in [0.1, 0.15) is 98.6 Å². The average molecular weight is 1210 g/mol. The summed E-state index contributed by atoms with van der Waals surface area (Å²) in [6.45, 7) is 16.0. The molecule has 3 aromatic carbocycles. The van der Waals surface area contributed by atoms with Crippen LogP contribution in [0.5, 0.6) is 5.75 Å². The molecule has 1 aliphatic rings. The number of amides is 4. The second-order valence-electron chi connectivity index (χ2n) is 22.7. The fraction of sp³-hybridized carbons (Fsp3) is 0.407. The number of alkyl halides is 2. The van der Waals surface area contributed by atoms with Crippen LogP contribution in [0.3, 0.4) is 0 Å². The van der Waals surface area contributed by atoms with Gasteiger partial charge in [-0.15, -0.1) is 11.3 Å². The lowest BCUT2D eigenvalue weighted by atomic mass is 9.85. The Kier molecular flexibility index (Phi) is 21.2. The maximum Gasteiger partial charge on any atom is 0.355 e. The van der Waals surface area contributed by atoms with Gasteiger partial charge >= 0.3 is 5.76 Å². The third-order valence-electron chi connectivity index (χ3n) is 13.7. The van der Waals surface area contributed by atoms with Crippen molar-refractivity contribution in [1.82, 2.24) is 35.3 Å². The van der Waals surface area contributed by atoms with Crippen LogP contribution < -0.4 is 31.1 Å². The topological polar surface area (TPSA) is 262 Å². The molecule has 0 radical (unpaired) electrons. The summed E-state index contributed by atoms with van der Waals surface area (Å²) in [6.07, 6.45) is 1.42. The number of hydrogen-bond acceptors (Lipinski definition) is 14. The maximum absolute atomic E-state index is 14.1. The summed E-state index contributed by atoms with van der Waals surface area (Å²) in [6, 6.07) is 19.2. The van der Waals surface area contributed by atoms with Gasteiger partial charge in [-0.3, -0.25) is 23.9 Å². The SMILES string of the molecule is Cc1ncsc1-c1ccc(CNC(=O)[C@@H]2C[C@@H](O)CN2C(=O)C(NC(=O)CCCCC#Cc2ccc(Nc3c(C(N)=O)c(-c4ccc(NS(=O)(=O)C(F)F)c(OC(C)c5ccc(F)cc5)c4)nn3COCC[Si](C)(C)C)nc2)C(C)(C)C)cc1. The smallest absolute Gasteiger partial charge is 0.355 e. The van der Waals surface area contributed by atoms with Gasteiger partial charge in [-0.1, -0.05) is 94.7 Å². The molecule has 1 aliphatic heterocycles. The van der Waals surface area contributed by atoms with E-state index in [9.17, 15) is 45.9 Å². The van der Waals surface area contributed by atoms with Gasteiger partial charge in [0.1, 0.15) is 59.4 Å². The Morgan fingerprint density at radius 2 is 1.69 bits per heavy atom. The number of β-amino-alcohol motifs (C(OH)–C–C–N with tert-alkyl or cyclic N) is 1. The van der Waals surface area contributed by atoms with E-state index in [2.05, 4.69) is 57.4 Å². The lowest BCUT2D eigenvalue weighted by molar-refractivity contribution is -0.144. The number of sulfonamides is 1. The number of aromatic nitrogens is 4. The minimum absolute atomic E-state index is 0.0128. The number of unbranched alkanes of at least 4 members (excludes halogenated alkanes) is 2. The highest BCUT2D eigenvalue weighted by Crippen LogP contribution is 2.38. The number of likely N-dealkylation sites (tertiary alicyclic amines) is 1. The molecule has 448 valence electrons. The van der Waals surface area contributed by atoms with E-state index in [0.29, 0.717) is 37.0 Å². The Morgan fingerprint density at radius 1 is 0.976 bits per heavy atom. The predicted octanol–water partition coefficient (Wildman–Crippen LogP) is 9.50. The number of ether oxygens (including phenoxy) is 2. The average Bonchev–Trinajstić information content (AvgIpc) is 4.35. The van der Waals surface area contributed by atoms with Crippen LogP contribution in [0.4, 0.5) is 30.5 Å². The zero-order chi connectivity index (χ0) is 61.1. The lowest BCUT2D eigenvalue weighted by Gasteiger charge is -2.35. The molecule has 2 unspecified atom stereocenters. The number of nitrogens with zero attached hydrogens (tertiary/aromatic N) is 5. The van der Waals surface area contributed by atoms with E-state index in [0.717, 1.165) is 27.7 Å². The van der Waals surface area contributed by atoms with Crippen molar-refractivity contribution >= 4 is 70.4 Å². The number of rotatable bonds is 25. The van der Waals surface area contributed by atoms with Gasteiger partial charge in [0.2, 0.25) is 17.7 Å². The molecule has 3 aromatic heterocycles. The van der Waals surface area contributed by atoms with Crippen LogP contribution in [-0.2, 0) is 42.4 Å². The molecule has 1 fully saturated rings. The molecule has 4 atom stereocenters. The van der Waals surface area contributed by atoms with Crippen molar-refractivity contribution in [1.29, 1.82) is 0 Å². The number of halogens is 3. The molecule has 0 spiro atoms. The quantitative estimate of drug-likeness (QED) is 0.0177. The van der Waals surface area contributed by atoms with Crippen LogP contribution >= 0.6 is 11.3 Å². The maximum atomic E-state index is 14.1. The summed E-state index contributed by atoms with van der Waals surface area (Å²) >= 11 is 1.55. The van der Waals surface area contributed by atoms with Crippen LogP contribution in [-0.4, -0.2) is 107 Å². The summed E-state index contributed by atoms with van der Waals surface area (Å²) in [5.41, 5.74) is 10.7. The van der Waals surface area contributed by atoms with Crippen molar-refractivity contribution < 1.29 is 55.3 Å². The van der Waals surface area contributed by atoms with E-state index in [4.69, 9.17) is 20.3 Å². The Balaban J connectivity index is 0.983. The number of benzene rings is 3. The molecule has 0 saturated carbocycles. The van der Waals surface area contributed by atoms with E-state index in [1.165, 1.54) is 58.2 Å². The van der Waals surface area contributed by atoms with Gasteiger partial charge in [-0.2, -0.15) is 13.9 Å². The van der Waals surface area contributed by atoms with Crippen LogP contribution in [0.25, 0.3) is 21.7 Å². The molecule has 4 heterocycles. The Labute approximate surface area is 492 Å². The number of hydrogen-bond donors (Lipinski definition) is 6. The first-order valence-corrected chi connectivity index (χ1v) is 33.4. The molecule has 19 nitrogen and oxygen atoms in total. The second kappa shape index (κ2) is 27.8. The number of carbonyl (C=O) groups is 4. The molecule has 4 amide bonds. The number of thiazole rings is 1. The number of aliphatic hydroxyl groups is 1. The van der Waals surface area contributed by atoms with Gasteiger partial charge < -0.3 is 41.2 Å². The van der Waals surface area contributed by atoms with Crippen molar-refractivity contribution in [3.05, 3.63) is 124 Å². The van der Waals surface area contributed by atoms with Gasteiger partial charge in [0.05, 0.1) is 27.9 Å². The molecule has 6 aromatic rings. The van der Waals surface area contributed by atoms with E-state index in [1.807, 2.05) is 56.7 Å². The largest absolute Gasteiger partial charge is 0.484 e. The molecule has 0 bridgehead atoms. The zero-order valence-electron chi connectivity index (χ0n) is 48.1. The zero-order valence-corrected chi connectivity index (χ0v) is 50.7. The van der Waals surface area contributed by atoms with Gasteiger partial charge in [0.15, 0.2) is 0 Å². The number of anilines is 3. The number of pyridine rings is 1. The number of aryl methyl sites for hydroxylation is 1. The second-order valence-corrected chi connectivity index (χ2v) is 30.9. The van der Waals surface area contributed by atoms with Crippen LogP contribution in [0.15, 0.2) is 90.6 Å². The van der Waals surface area contributed by atoms with Crippen molar-refractivity contribution in [2.75, 3.05) is 23.2 Å². The number of aliphatic hydroxyl groups excluding tert-OH is 1. The van der Waals surface area contributed by atoms with E-state index in [1.54, 1.807) is 35.9 Å². The van der Waals surface area contributed by atoms with Crippen molar-refractivity contribution in [3.8, 4) is 39.3 Å². The number of primary amides is 1. The first kappa shape index (κ1) is 63.9. The van der Waals surface area contributed by atoms with Crippen LogP contribution in [0, 0.1) is 30.0 Å². The van der Waals surface area contributed by atoms with E-state index in [-0.39, 0.29) is 78.5 Å². The highest BCUT2D eigenvalue weighted by Gasteiger charge is 2.44. The van der Waals surface area contributed by atoms with Gasteiger partial charge in [0.25, 0.3) is 15.9 Å². The number of carbonyl (C=O) groups excluding carboxylic acids is 4. The fourth-order valence-corrected chi connectivity index (χ4v) is 11.2. The molecule has 7 N–H and O–H groups in total. The first-order valence-electron chi connectivity index (χ1n) is 27.3. The minimum atomic E-state index is -5.16. The van der Waals surface area contributed by atoms with E-state index < -0.39 is 77.1 Å². The summed E-state index contributed by atoms with van der Waals surface area (Å²) in [5.74, 6) is -0.0471. The standard InChI is InChI=1S/C59H71F3N10O9S2Si/c1-36-52(82-34-66-36)41-18-15-39(16-19-41)32-65-56(76)46-30-44(73)33-71(46)57(77)53(59(3,4)5)68-49(74)14-12-10-9-11-13-38-17-26-48(64-31-38)67-55-50(54(63)75)51(69-72(55)35-80-27-28-84(6,7)8)42-22-25-45(70-83(78,79)58(61)62)47(29-42)81-37(2)40-20-23-43(60)24-21-40/h15-26,29,31,34,37,44,46,53,58,70,73H,9-10,12,14,27-28,30,32-33,35H2,1-8H3,(H2,63,75)(H,64,67)(H,65,76)(H,68,74)/t37?,44-,46+,53?/m1/s1. The summed E-state index contributed by atoms with van der Waals surface area (Å²) in [5, 5.41) is 24.3. The molecular formula is C59H71F3N10O9S2Si. The minimum Gasteiger partial charge on any atom is -0.484 e. The molecule has 7 rings (SSSR count). The monoisotopic (exact) mass is 1210 g/mol. The molecule has 84 heavy (non-hydrogen) atoms. The lowest BCUT2D eigenvalue weighted by Crippen LogP contribution is -2.57. The summed E-state index contributed by atoms with van der Waals surface area (Å²) in [4.78, 5) is 65.7. The molecule has 25 heteroatoms. The molecule has 0 aliphatic carbocycles. The Morgan fingerprint density at radius 3 is 2.32 bits per heavy atom. The summed E-state index contributed by atoms with van der Waals surface area (Å²) in [7, 11) is -6.69. The normalized spacial score (nSPS) is 15.2. The van der Waals surface area contributed by atoms with Gasteiger partial charge in [-0.05, 0) is 91.2 Å².